The molecule has 4 rings (SSSR count). The van der Waals surface area contributed by atoms with E-state index in [0.717, 1.165) is 26.6 Å². The number of hydrogen-bond acceptors (Lipinski definition) is 5. The fraction of sp³-hybridized carbons (Fsp3) is 0.278. The molecule has 0 aromatic heterocycles. The van der Waals surface area contributed by atoms with Crippen molar-refractivity contribution >= 4 is 27.5 Å². The summed E-state index contributed by atoms with van der Waals surface area (Å²) in [6.07, 6.45) is 0.264. The smallest absolute Gasteiger partial charge is 0.264 e. The Hall–Kier alpha value is -4.63. The molecule has 0 saturated carbocycles. The van der Waals surface area contributed by atoms with Crippen LogP contribution >= 0.6 is 0 Å². The topological polar surface area (TPSA) is 96.0 Å². The molecule has 236 valence electrons. The van der Waals surface area contributed by atoms with Crippen molar-refractivity contribution in [2.75, 3.05) is 24.0 Å². The highest BCUT2D eigenvalue weighted by molar-refractivity contribution is 7.92. The third-order valence-electron chi connectivity index (χ3n) is 7.38. The van der Waals surface area contributed by atoms with E-state index in [4.69, 9.17) is 4.74 Å². The minimum atomic E-state index is -4.19. The molecule has 0 heterocycles. The summed E-state index contributed by atoms with van der Waals surface area (Å²) in [5.74, 6) is -0.262. The van der Waals surface area contributed by atoms with Crippen LogP contribution in [0.15, 0.2) is 108 Å². The van der Waals surface area contributed by atoms with E-state index in [1.807, 2.05) is 82.3 Å². The predicted octanol–water partition coefficient (Wildman–Crippen LogP) is 5.67. The summed E-state index contributed by atoms with van der Waals surface area (Å²) in [6.45, 7) is 8.00. The monoisotopic (exact) mass is 627 g/mol. The van der Waals surface area contributed by atoms with Gasteiger partial charge in [0.25, 0.3) is 10.0 Å². The third kappa shape index (κ3) is 8.73. The van der Waals surface area contributed by atoms with Crippen LogP contribution in [0.5, 0.6) is 5.75 Å². The fourth-order valence-corrected chi connectivity index (χ4v) is 6.51. The van der Waals surface area contributed by atoms with Crippen molar-refractivity contribution < 1.29 is 22.7 Å². The standard InChI is InChI=1S/C36H41N3O5S/c1-5-37-36(41)34(24-29-12-8-7-9-13-29)38(25-30-14-10-11-28(4)23-30)35(40)26-39(31-17-15-27(3)16-18-31)45(42,43)33-21-19-32(20-22-33)44-6-2/h7-23,34H,5-6,24-26H2,1-4H3,(H,37,41)/t34-/m0/s1. The van der Waals surface area contributed by atoms with Crippen LogP contribution in [0.1, 0.15) is 36.1 Å². The van der Waals surface area contributed by atoms with E-state index in [0.29, 0.717) is 24.6 Å². The number of rotatable bonds is 14. The lowest BCUT2D eigenvalue weighted by Crippen LogP contribution is -2.53. The van der Waals surface area contributed by atoms with Crippen LogP contribution < -0.4 is 14.4 Å². The highest BCUT2D eigenvalue weighted by Crippen LogP contribution is 2.27. The summed E-state index contributed by atoms with van der Waals surface area (Å²) >= 11 is 0. The van der Waals surface area contributed by atoms with Gasteiger partial charge in [-0.3, -0.25) is 13.9 Å². The zero-order valence-corrected chi connectivity index (χ0v) is 27.1. The molecule has 1 N–H and O–H groups in total. The maximum absolute atomic E-state index is 14.5. The molecule has 0 aliphatic carbocycles. The molecule has 45 heavy (non-hydrogen) atoms. The molecule has 4 aromatic rings. The van der Waals surface area contributed by atoms with Crippen LogP contribution in [0.25, 0.3) is 0 Å². The van der Waals surface area contributed by atoms with Crippen molar-refractivity contribution in [3.63, 3.8) is 0 Å². The van der Waals surface area contributed by atoms with Crippen molar-refractivity contribution in [2.45, 2.75) is 51.6 Å². The average molecular weight is 628 g/mol. The summed E-state index contributed by atoms with van der Waals surface area (Å²) in [6, 6.07) is 29.5. The molecule has 2 amide bonds. The van der Waals surface area contributed by atoms with Crippen LogP contribution in [0, 0.1) is 13.8 Å². The Morgan fingerprint density at radius 3 is 2.09 bits per heavy atom. The SMILES string of the molecule is CCNC(=O)[C@H](Cc1ccccc1)N(Cc1cccc(C)c1)C(=O)CN(c1ccc(C)cc1)S(=O)(=O)c1ccc(OCC)cc1. The van der Waals surface area contributed by atoms with Gasteiger partial charge in [0.05, 0.1) is 17.2 Å². The van der Waals surface area contributed by atoms with Gasteiger partial charge in [0.15, 0.2) is 0 Å². The number of hydrogen-bond donors (Lipinski definition) is 1. The molecule has 0 radical (unpaired) electrons. The summed E-state index contributed by atoms with van der Waals surface area (Å²) in [4.78, 5) is 29.6. The molecule has 1 atom stereocenters. The minimum Gasteiger partial charge on any atom is -0.494 e. The second-order valence-electron chi connectivity index (χ2n) is 10.9. The summed E-state index contributed by atoms with van der Waals surface area (Å²) in [7, 11) is -4.19. The lowest BCUT2D eigenvalue weighted by atomic mass is 10.0. The van der Waals surface area contributed by atoms with E-state index in [1.165, 1.54) is 17.0 Å². The van der Waals surface area contributed by atoms with Crippen molar-refractivity contribution in [1.29, 1.82) is 0 Å². The van der Waals surface area contributed by atoms with Gasteiger partial charge in [0, 0.05) is 19.5 Å². The number of nitrogens with zero attached hydrogens (tertiary/aromatic N) is 2. The maximum Gasteiger partial charge on any atom is 0.264 e. The zero-order chi connectivity index (χ0) is 32.4. The molecular formula is C36H41N3O5S. The Labute approximate surface area is 266 Å². The number of sulfonamides is 1. The first-order chi connectivity index (χ1) is 21.6. The Kier molecular flexibility index (Phi) is 11.4. The van der Waals surface area contributed by atoms with Gasteiger partial charge in [0.2, 0.25) is 11.8 Å². The van der Waals surface area contributed by atoms with E-state index in [-0.39, 0.29) is 23.8 Å². The lowest BCUT2D eigenvalue weighted by Gasteiger charge is -2.34. The minimum absolute atomic E-state index is 0.0223. The van der Waals surface area contributed by atoms with Crippen LogP contribution in [0.3, 0.4) is 0 Å². The number of likely N-dealkylation sites (N-methyl/N-ethyl adjacent to an activating group) is 1. The molecule has 0 aliphatic heterocycles. The van der Waals surface area contributed by atoms with Crippen molar-refractivity contribution in [2.24, 2.45) is 0 Å². The molecule has 0 spiro atoms. The van der Waals surface area contributed by atoms with Crippen LogP contribution in [-0.2, 0) is 32.6 Å². The zero-order valence-electron chi connectivity index (χ0n) is 26.3. The lowest BCUT2D eigenvalue weighted by molar-refractivity contribution is -0.140. The number of nitrogens with one attached hydrogen (secondary N) is 1. The quantitative estimate of drug-likeness (QED) is 0.194. The Bertz CT molecular complexity index is 1670. The number of aryl methyl sites for hydroxylation is 2. The first-order valence-corrected chi connectivity index (χ1v) is 16.5. The number of ether oxygens (including phenoxy) is 1. The van der Waals surface area contributed by atoms with Crippen molar-refractivity contribution in [3.8, 4) is 5.75 Å². The van der Waals surface area contributed by atoms with Gasteiger partial charge >= 0.3 is 0 Å². The summed E-state index contributed by atoms with van der Waals surface area (Å²) in [5.41, 5.74) is 4.02. The summed E-state index contributed by atoms with van der Waals surface area (Å²) < 4.78 is 35.0. The van der Waals surface area contributed by atoms with E-state index >= 15 is 0 Å². The van der Waals surface area contributed by atoms with E-state index in [9.17, 15) is 18.0 Å². The second kappa shape index (κ2) is 15.4. The first kappa shape index (κ1) is 33.3. The van der Waals surface area contributed by atoms with Gasteiger partial charge in [-0.1, -0.05) is 77.9 Å². The molecule has 0 aliphatic rings. The number of carbonyl (C=O) groups excluding carboxylic acids is 2. The molecular weight excluding hydrogens is 586 g/mol. The number of amides is 2. The molecule has 8 nitrogen and oxygen atoms in total. The third-order valence-corrected chi connectivity index (χ3v) is 9.17. The molecule has 4 aromatic carbocycles. The van der Waals surface area contributed by atoms with Crippen LogP contribution in [-0.4, -0.2) is 50.9 Å². The fourth-order valence-electron chi connectivity index (χ4n) is 5.09. The molecule has 0 saturated heterocycles. The Balaban J connectivity index is 1.78. The van der Waals surface area contributed by atoms with Gasteiger partial charge in [0.1, 0.15) is 18.3 Å². The highest BCUT2D eigenvalue weighted by atomic mass is 32.2. The Morgan fingerprint density at radius 1 is 0.800 bits per heavy atom. The summed E-state index contributed by atoms with van der Waals surface area (Å²) in [5, 5.41) is 2.88. The van der Waals surface area contributed by atoms with Gasteiger partial charge in [-0.25, -0.2) is 8.42 Å². The Morgan fingerprint density at radius 2 is 1.47 bits per heavy atom. The van der Waals surface area contributed by atoms with E-state index in [1.54, 1.807) is 36.4 Å². The molecule has 0 fully saturated rings. The van der Waals surface area contributed by atoms with Crippen molar-refractivity contribution in [1.82, 2.24) is 10.2 Å². The first-order valence-electron chi connectivity index (χ1n) is 15.1. The molecule has 0 bridgehead atoms. The van der Waals surface area contributed by atoms with Crippen molar-refractivity contribution in [3.05, 3.63) is 125 Å². The number of benzene rings is 4. The van der Waals surface area contributed by atoms with E-state index < -0.39 is 28.5 Å². The average Bonchev–Trinajstić information content (AvgIpc) is 3.03. The van der Waals surface area contributed by atoms with Gasteiger partial charge in [-0.2, -0.15) is 0 Å². The molecule has 9 heteroatoms. The van der Waals surface area contributed by atoms with Crippen LogP contribution in [0.4, 0.5) is 5.69 Å². The van der Waals surface area contributed by atoms with Gasteiger partial charge in [-0.15, -0.1) is 0 Å². The normalized spacial score (nSPS) is 11.8. The number of anilines is 1. The predicted molar refractivity (Wildman–Crippen MR) is 178 cm³/mol. The van der Waals surface area contributed by atoms with Gasteiger partial charge in [-0.05, 0) is 75.2 Å². The number of carbonyl (C=O) groups is 2. The maximum atomic E-state index is 14.5. The second-order valence-corrected chi connectivity index (χ2v) is 12.7. The highest BCUT2D eigenvalue weighted by Gasteiger charge is 2.34. The largest absolute Gasteiger partial charge is 0.494 e. The molecule has 0 unspecified atom stereocenters. The van der Waals surface area contributed by atoms with Crippen LogP contribution in [0.2, 0.25) is 0 Å². The van der Waals surface area contributed by atoms with Gasteiger partial charge < -0.3 is 15.0 Å². The van der Waals surface area contributed by atoms with E-state index in [2.05, 4.69) is 5.32 Å².